The molecule has 0 bridgehead atoms. The molecule has 0 atom stereocenters. The molecule has 0 unspecified atom stereocenters. The van der Waals surface area contributed by atoms with Gasteiger partial charge in [-0.2, -0.15) is 0 Å². The van der Waals surface area contributed by atoms with Crippen molar-refractivity contribution in [1.29, 1.82) is 0 Å². The number of esters is 1. The lowest BCUT2D eigenvalue weighted by Crippen LogP contribution is -2.12. The van der Waals surface area contributed by atoms with Crippen LogP contribution < -0.4 is 5.32 Å². The van der Waals surface area contributed by atoms with Crippen LogP contribution in [0.15, 0.2) is 24.4 Å². The van der Waals surface area contributed by atoms with E-state index in [1.165, 1.54) is 13.2 Å². The summed E-state index contributed by atoms with van der Waals surface area (Å²) >= 11 is 0. The van der Waals surface area contributed by atoms with E-state index in [1.54, 1.807) is 13.0 Å². The second-order valence-electron chi connectivity index (χ2n) is 2.02. The molecular weight excluding hydrogens is 142 g/mol. The maximum atomic E-state index is 10.6. The molecule has 0 heterocycles. The minimum Gasteiger partial charge on any atom is -0.466 e. The first-order valence-electron chi connectivity index (χ1n) is 3.31. The van der Waals surface area contributed by atoms with Gasteiger partial charge in [-0.1, -0.05) is 6.08 Å². The molecule has 3 heteroatoms. The highest BCUT2D eigenvalue weighted by Crippen LogP contribution is 1.87. The normalized spacial score (nSPS) is 10.5. The summed E-state index contributed by atoms with van der Waals surface area (Å²) in [5.74, 6) is -0.348. The quantitative estimate of drug-likeness (QED) is 0.371. The topological polar surface area (TPSA) is 38.3 Å². The monoisotopic (exact) mass is 155 g/mol. The Labute approximate surface area is 66.7 Å². The number of hydrogen-bond donors (Lipinski definition) is 1. The van der Waals surface area contributed by atoms with Crippen molar-refractivity contribution in [2.75, 3.05) is 13.7 Å². The van der Waals surface area contributed by atoms with Crippen LogP contribution in [0, 0.1) is 0 Å². The average molecular weight is 155 g/mol. The maximum Gasteiger partial charge on any atom is 0.332 e. The van der Waals surface area contributed by atoms with Gasteiger partial charge in [0.1, 0.15) is 0 Å². The van der Waals surface area contributed by atoms with Crippen LogP contribution in [0.2, 0.25) is 0 Å². The molecule has 0 aromatic heterocycles. The van der Waals surface area contributed by atoms with Gasteiger partial charge in [0.05, 0.1) is 7.11 Å². The molecule has 0 aliphatic carbocycles. The van der Waals surface area contributed by atoms with Crippen molar-refractivity contribution >= 4 is 5.97 Å². The molecular formula is C8H13NO2. The van der Waals surface area contributed by atoms with E-state index in [0.29, 0.717) is 6.54 Å². The molecule has 11 heavy (non-hydrogen) atoms. The minimum atomic E-state index is -0.348. The van der Waals surface area contributed by atoms with Gasteiger partial charge in [0, 0.05) is 18.3 Å². The zero-order chi connectivity index (χ0) is 8.69. The molecule has 0 rings (SSSR count). The molecule has 0 amide bonds. The summed E-state index contributed by atoms with van der Waals surface area (Å²) in [5, 5.41) is 2.94. The molecule has 62 valence electrons. The second-order valence-corrected chi connectivity index (χ2v) is 2.02. The van der Waals surface area contributed by atoms with Gasteiger partial charge in [0.25, 0.3) is 0 Å². The number of carbonyl (C=O) groups is 1. The van der Waals surface area contributed by atoms with Gasteiger partial charge >= 0.3 is 5.97 Å². The lowest BCUT2D eigenvalue weighted by atomic mass is 10.4. The highest BCUT2D eigenvalue weighted by atomic mass is 16.5. The highest BCUT2D eigenvalue weighted by molar-refractivity contribution is 5.82. The molecule has 0 spiro atoms. The molecule has 1 N–H and O–H groups in total. The number of hydrogen-bond acceptors (Lipinski definition) is 3. The third-order valence-corrected chi connectivity index (χ3v) is 1.06. The van der Waals surface area contributed by atoms with Crippen molar-refractivity contribution in [3.8, 4) is 0 Å². The third-order valence-electron chi connectivity index (χ3n) is 1.06. The Morgan fingerprint density at radius 1 is 1.73 bits per heavy atom. The summed E-state index contributed by atoms with van der Waals surface area (Å²) in [4.78, 5) is 10.6. The molecule has 0 saturated carbocycles. The van der Waals surface area contributed by atoms with Gasteiger partial charge < -0.3 is 10.1 Å². The van der Waals surface area contributed by atoms with Crippen LogP contribution in [0.5, 0.6) is 0 Å². The maximum absolute atomic E-state index is 10.6. The number of methoxy groups -OCH3 is 1. The smallest absolute Gasteiger partial charge is 0.332 e. The third kappa shape index (κ3) is 5.21. The van der Waals surface area contributed by atoms with Crippen LogP contribution >= 0.6 is 0 Å². The van der Waals surface area contributed by atoms with Gasteiger partial charge in [-0.25, -0.2) is 4.79 Å². The van der Waals surface area contributed by atoms with Gasteiger partial charge in [0.15, 0.2) is 0 Å². The number of allylic oxidation sites excluding steroid dienone is 1. The van der Waals surface area contributed by atoms with Crippen LogP contribution in [0.4, 0.5) is 0 Å². The van der Waals surface area contributed by atoms with E-state index in [-0.39, 0.29) is 5.97 Å². The molecule has 0 radical (unpaired) electrons. The predicted octanol–water partition coefficient (Wildman–Crippen LogP) is 0.839. The number of carbonyl (C=O) groups excluding carboxylic acids is 1. The van der Waals surface area contributed by atoms with Crippen LogP contribution in [-0.4, -0.2) is 19.6 Å². The molecule has 0 fully saturated rings. The first-order chi connectivity index (χ1) is 5.20. The minimum absolute atomic E-state index is 0.348. The van der Waals surface area contributed by atoms with E-state index in [4.69, 9.17) is 0 Å². The number of nitrogens with one attached hydrogen (secondary N) is 1. The fourth-order valence-electron chi connectivity index (χ4n) is 0.520. The number of rotatable bonds is 4. The summed E-state index contributed by atoms with van der Waals surface area (Å²) < 4.78 is 4.42. The van der Waals surface area contributed by atoms with Crippen molar-refractivity contribution in [3.05, 3.63) is 24.4 Å². The SMILES string of the molecule is C=CCNC(C)=CC(=O)OC. The fourth-order valence-corrected chi connectivity index (χ4v) is 0.520. The molecule has 0 aromatic rings. The van der Waals surface area contributed by atoms with Crippen molar-refractivity contribution in [3.63, 3.8) is 0 Å². The van der Waals surface area contributed by atoms with Crippen LogP contribution in [0.25, 0.3) is 0 Å². The lowest BCUT2D eigenvalue weighted by Gasteiger charge is -2.00. The van der Waals surface area contributed by atoms with Crippen LogP contribution in [0.3, 0.4) is 0 Å². The van der Waals surface area contributed by atoms with E-state index in [0.717, 1.165) is 5.70 Å². The van der Waals surface area contributed by atoms with Gasteiger partial charge in [-0.15, -0.1) is 6.58 Å². The largest absolute Gasteiger partial charge is 0.466 e. The summed E-state index contributed by atoms with van der Waals surface area (Å²) in [7, 11) is 1.35. The Balaban J connectivity index is 3.79. The zero-order valence-electron chi connectivity index (χ0n) is 6.89. The Hall–Kier alpha value is -1.25. The Morgan fingerprint density at radius 2 is 2.36 bits per heavy atom. The Morgan fingerprint density at radius 3 is 2.82 bits per heavy atom. The number of ether oxygens (including phenoxy) is 1. The van der Waals surface area contributed by atoms with Crippen LogP contribution in [0.1, 0.15) is 6.92 Å². The van der Waals surface area contributed by atoms with E-state index in [1.807, 2.05) is 0 Å². The second kappa shape index (κ2) is 5.53. The van der Waals surface area contributed by atoms with Crippen LogP contribution in [-0.2, 0) is 9.53 Å². The molecule has 0 aromatic carbocycles. The van der Waals surface area contributed by atoms with E-state index in [2.05, 4.69) is 16.6 Å². The van der Waals surface area contributed by atoms with Gasteiger partial charge in [-0.05, 0) is 6.92 Å². The molecule has 3 nitrogen and oxygen atoms in total. The summed E-state index contributed by atoms with van der Waals surface area (Å²) in [5.41, 5.74) is 0.775. The Bertz CT molecular complexity index is 173. The summed E-state index contributed by atoms with van der Waals surface area (Å²) in [6.45, 7) is 5.97. The first kappa shape index (κ1) is 9.75. The van der Waals surface area contributed by atoms with E-state index in [9.17, 15) is 4.79 Å². The standard InChI is InChI=1S/C8H13NO2/c1-4-5-9-7(2)6-8(10)11-3/h4,6,9H,1,5H2,2-3H3. The first-order valence-corrected chi connectivity index (χ1v) is 3.31. The molecule has 0 aliphatic rings. The van der Waals surface area contributed by atoms with E-state index >= 15 is 0 Å². The van der Waals surface area contributed by atoms with Crippen molar-refractivity contribution in [2.24, 2.45) is 0 Å². The average Bonchev–Trinajstić information content (AvgIpc) is 2.00. The highest BCUT2D eigenvalue weighted by Gasteiger charge is 1.93. The molecule has 0 saturated heterocycles. The summed E-state index contributed by atoms with van der Waals surface area (Å²) in [6.07, 6.45) is 3.11. The zero-order valence-corrected chi connectivity index (χ0v) is 6.89. The molecule has 0 aliphatic heterocycles. The van der Waals surface area contributed by atoms with Crippen molar-refractivity contribution in [1.82, 2.24) is 5.32 Å². The van der Waals surface area contributed by atoms with E-state index < -0.39 is 0 Å². The lowest BCUT2D eigenvalue weighted by molar-refractivity contribution is -0.134. The Kier molecular flexibility index (Phi) is 4.90. The van der Waals surface area contributed by atoms with Crippen molar-refractivity contribution in [2.45, 2.75) is 6.92 Å². The summed E-state index contributed by atoms with van der Waals surface area (Å²) in [6, 6.07) is 0. The predicted molar refractivity (Wildman–Crippen MR) is 44.0 cm³/mol. The van der Waals surface area contributed by atoms with Gasteiger partial charge in [-0.3, -0.25) is 0 Å². The van der Waals surface area contributed by atoms with Gasteiger partial charge in [0.2, 0.25) is 0 Å². The fraction of sp³-hybridized carbons (Fsp3) is 0.375. The van der Waals surface area contributed by atoms with Crippen molar-refractivity contribution < 1.29 is 9.53 Å².